The van der Waals surface area contributed by atoms with Gasteiger partial charge in [-0.2, -0.15) is 0 Å². The molecule has 2 N–H and O–H groups in total. The number of rotatable bonds is 6. The quantitative estimate of drug-likeness (QED) is 0.603. The first kappa shape index (κ1) is 24.1. The molecule has 0 bridgehead atoms. The van der Waals surface area contributed by atoms with Crippen molar-refractivity contribution in [2.45, 2.75) is 27.2 Å². The van der Waals surface area contributed by atoms with Crippen LogP contribution in [0, 0.1) is 6.92 Å². The number of aromatic hydroxyl groups is 1. The Balaban J connectivity index is 0.000000292. The second-order valence-corrected chi connectivity index (χ2v) is 8.61. The Labute approximate surface area is 175 Å². The van der Waals surface area contributed by atoms with E-state index in [-0.39, 0.29) is 21.6 Å². The molecule has 0 heterocycles. The third-order valence-corrected chi connectivity index (χ3v) is 4.56. The Hall–Kier alpha value is -1.96. The highest BCUT2D eigenvalue weighted by Crippen LogP contribution is 2.32. The van der Waals surface area contributed by atoms with E-state index in [4.69, 9.17) is 33.0 Å². The number of ketones is 1. The fourth-order valence-corrected chi connectivity index (χ4v) is 3.06. The molecular formula is C19H23Cl2NO5S. The normalized spacial score (nSPS) is 10.6. The van der Waals surface area contributed by atoms with Crippen LogP contribution in [0.5, 0.6) is 11.5 Å². The van der Waals surface area contributed by atoms with Crippen LogP contribution >= 0.6 is 23.2 Å². The van der Waals surface area contributed by atoms with Crippen LogP contribution in [0.25, 0.3) is 0 Å². The van der Waals surface area contributed by atoms with Crippen molar-refractivity contribution in [3.63, 3.8) is 0 Å². The highest BCUT2D eigenvalue weighted by Gasteiger charge is 2.08. The van der Waals surface area contributed by atoms with Gasteiger partial charge in [0.2, 0.25) is 10.0 Å². The van der Waals surface area contributed by atoms with Crippen molar-refractivity contribution < 1.29 is 23.1 Å². The van der Waals surface area contributed by atoms with Crippen LogP contribution in [0.15, 0.2) is 30.3 Å². The number of hydrogen-bond acceptors (Lipinski definition) is 5. The van der Waals surface area contributed by atoms with Gasteiger partial charge in [0.15, 0.2) is 11.5 Å². The minimum atomic E-state index is -3.23. The van der Waals surface area contributed by atoms with Gasteiger partial charge in [-0.05, 0) is 44.0 Å². The van der Waals surface area contributed by atoms with Crippen molar-refractivity contribution in [3.8, 4) is 11.5 Å². The maximum atomic E-state index is 11.1. The molecule has 0 aliphatic carbocycles. The van der Waals surface area contributed by atoms with E-state index in [1.54, 1.807) is 12.1 Å². The average molecular weight is 448 g/mol. The molecule has 0 unspecified atom stereocenters. The zero-order valence-electron chi connectivity index (χ0n) is 16.0. The summed E-state index contributed by atoms with van der Waals surface area (Å²) >= 11 is 11.2. The second kappa shape index (κ2) is 10.5. The zero-order valence-corrected chi connectivity index (χ0v) is 18.4. The lowest BCUT2D eigenvalue weighted by Crippen LogP contribution is -2.09. The lowest BCUT2D eigenvalue weighted by molar-refractivity contribution is 0.101. The maximum Gasteiger partial charge on any atom is 0.229 e. The Bertz CT molecular complexity index is 922. The van der Waals surface area contributed by atoms with Gasteiger partial charge in [0.25, 0.3) is 0 Å². The third kappa shape index (κ3) is 7.96. The smallest absolute Gasteiger partial charge is 0.229 e. The molecule has 2 aromatic carbocycles. The van der Waals surface area contributed by atoms with Gasteiger partial charge in [0, 0.05) is 11.6 Å². The lowest BCUT2D eigenvalue weighted by atomic mass is 10.1. The molecule has 0 atom stereocenters. The van der Waals surface area contributed by atoms with Gasteiger partial charge in [-0.25, -0.2) is 8.42 Å². The zero-order chi connectivity index (χ0) is 21.5. The number of aryl methyl sites for hydroxylation is 1. The predicted octanol–water partition coefficient (Wildman–Crippen LogP) is 5.06. The molecule has 0 aliphatic rings. The molecule has 154 valence electrons. The molecular weight excluding hydrogens is 425 g/mol. The molecule has 0 radical (unpaired) electrons. The number of phenolic OH excluding ortho intramolecular Hbond substituents is 1. The summed E-state index contributed by atoms with van der Waals surface area (Å²) in [6.45, 7) is 5.98. The highest BCUT2D eigenvalue weighted by atomic mass is 35.5. The van der Waals surface area contributed by atoms with Crippen LogP contribution in [-0.4, -0.2) is 32.2 Å². The van der Waals surface area contributed by atoms with Gasteiger partial charge in [-0.1, -0.05) is 36.2 Å². The van der Waals surface area contributed by atoms with Gasteiger partial charge >= 0.3 is 0 Å². The number of carbonyl (C=O) groups is 1. The molecule has 0 amide bonds. The number of nitrogens with one attached hydrogen (secondary N) is 1. The molecule has 0 spiro atoms. The number of sulfonamides is 1. The minimum Gasteiger partial charge on any atom is -0.505 e. The number of benzene rings is 2. The Morgan fingerprint density at radius 3 is 2.21 bits per heavy atom. The number of halogens is 2. The van der Waals surface area contributed by atoms with Crippen molar-refractivity contribution in [3.05, 3.63) is 51.5 Å². The molecule has 0 aromatic heterocycles. The first-order valence-corrected chi connectivity index (χ1v) is 11.0. The standard InChI is InChI=1S/C11H17NO3S.C8H6Cl2O2/c1-4-7-15-11-8-10(6-5-9(11)2)12-16(3,13)14;1-4(11)5-2-6(9)8(12)7(10)3-5/h5-6,8,12H,4,7H2,1-3H3;2-3,12H,1H3. The summed E-state index contributed by atoms with van der Waals surface area (Å²) in [5, 5.41) is 9.32. The molecule has 0 saturated heterocycles. The number of hydrogen-bond donors (Lipinski definition) is 2. The first-order valence-electron chi connectivity index (χ1n) is 8.34. The number of ether oxygens (including phenoxy) is 1. The average Bonchev–Trinajstić information content (AvgIpc) is 2.59. The van der Waals surface area contributed by atoms with Gasteiger partial charge in [0.1, 0.15) is 5.75 Å². The molecule has 0 saturated carbocycles. The third-order valence-electron chi connectivity index (χ3n) is 3.38. The van der Waals surface area contributed by atoms with Crippen molar-refractivity contribution >= 4 is 44.7 Å². The van der Waals surface area contributed by atoms with Gasteiger partial charge in [-0.3, -0.25) is 9.52 Å². The predicted molar refractivity (Wildman–Crippen MR) is 114 cm³/mol. The summed E-state index contributed by atoms with van der Waals surface area (Å²) in [6, 6.07) is 8.01. The summed E-state index contributed by atoms with van der Waals surface area (Å²) in [5.74, 6) is 0.387. The SMILES string of the molecule is CC(=O)c1cc(Cl)c(O)c(Cl)c1.CCCOc1cc(NS(C)(=O)=O)ccc1C. The molecule has 28 heavy (non-hydrogen) atoms. The van der Waals surface area contributed by atoms with E-state index in [0.29, 0.717) is 17.9 Å². The van der Waals surface area contributed by atoms with Crippen LogP contribution in [-0.2, 0) is 10.0 Å². The molecule has 0 aliphatic heterocycles. The van der Waals surface area contributed by atoms with Crippen molar-refractivity contribution in [1.82, 2.24) is 0 Å². The molecule has 6 nitrogen and oxygen atoms in total. The summed E-state index contributed by atoms with van der Waals surface area (Å²) in [7, 11) is -3.23. The molecule has 0 fully saturated rings. The van der Waals surface area contributed by atoms with Crippen molar-refractivity contribution in [1.29, 1.82) is 0 Å². The Morgan fingerprint density at radius 1 is 1.18 bits per heavy atom. The maximum absolute atomic E-state index is 11.1. The van der Waals surface area contributed by atoms with E-state index >= 15 is 0 Å². The monoisotopic (exact) mass is 447 g/mol. The number of phenols is 1. The van der Waals surface area contributed by atoms with E-state index in [0.717, 1.165) is 24.0 Å². The van der Waals surface area contributed by atoms with E-state index in [9.17, 15) is 13.2 Å². The van der Waals surface area contributed by atoms with Crippen LogP contribution < -0.4 is 9.46 Å². The van der Waals surface area contributed by atoms with Crippen LogP contribution in [0.3, 0.4) is 0 Å². The molecule has 2 rings (SSSR count). The molecule has 2 aromatic rings. The molecule has 9 heteroatoms. The van der Waals surface area contributed by atoms with Crippen molar-refractivity contribution in [2.75, 3.05) is 17.6 Å². The van der Waals surface area contributed by atoms with Gasteiger partial charge in [0.05, 0.1) is 28.6 Å². The number of Topliss-reactive ketones (excluding diaryl/α,β-unsaturated/α-hetero) is 1. The summed E-state index contributed by atoms with van der Waals surface area (Å²) in [4.78, 5) is 10.9. The summed E-state index contributed by atoms with van der Waals surface area (Å²) < 4.78 is 30.0. The Kier molecular flexibility index (Phi) is 9.07. The number of carbonyl (C=O) groups excluding carboxylic acids is 1. The largest absolute Gasteiger partial charge is 0.505 e. The van der Waals surface area contributed by atoms with Gasteiger partial charge in [-0.15, -0.1) is 0 Å². The van der Waals surface area contributed by atoms with Crippen LogP contribution in [0.1, 0.15) is 36.2 Å². The van der Waals surface area contributed by atoms with Crippen molar-refractivity contribution in [2.24, 2.45) is 0 Å². The van der Waals surface area contributed by atoms with E-state index < -0.39 is 10.0 Å². The topological polar surface area (TPSA) is 92.7 Å². The van der Waals surface area contributed by atoms with E-state index in [1.807, 2.05) is 19.9 Å². The fourth-order valence-electron chi connectivity index (χ4n) is 2.01. The summed E-state index contributed by atoms with van der Waals surface area (Å²) in [5.41, 5.74) is 1.91. The Morgan fingerprint density at radius 2 is 1.75 bits per heavy atom. The van der Waals surface area contributed by atoms with E-state index in [1.165, 1.54) is 19.1 Å². The first-order chi connectivity index (χ1) is 12.9. The lowest BCUT2D eigenvalue weighted by Gasteiger charge is -2.10. The minimum absolute atomic E-state index is 0.0905. The van der Waals surface area contributed by atoms with E-state index in [2.05, 4.69) is 4.72 Å². The van der Waals surface area contributed by atoms with Crippen LogP contribution in [0.4, 0.5) is 5.69 Å². The fraction of sp³-hybridized carbons (Fsp3) is 0.316. The second-order valence-electron chi connectivity index (χ2n) is 6.05. The highest BCUT2D eigenvalue weighted by molar-refractivity contribution is 7.92. The van der Waals surface area contributed by atoms with Gasteiger partial charge < -0.3 is 9.84 Å². The number of anilines is 1. The van der Waals surface area contributed by atoms with Crippen LogP contribution in [0.2, 0.25) is 10.0 Å². The summed E-state index contributed by atoms with van der Waals surface area (Å²) in [6.07, 6.45) is 2.04.